The van der Waals surface area contributed by atoms with Gasteiger partial charge in [-0.15, -0.1) is 0 Å². The lowest BCUT2D eigenvalue weighted by Gasteiger charge is -2.31. The van der Waals surface area contributed by atoms with Gasteiger partial charge in [-0.1, -0.05) is 23.7 Å². The molecule has 1 saturated carbocycles. The average molecular weight is 705 g/mol. The summed E-state index contributed by atoms with van der Waals surface area (Å²) in [4.78, 5) is 65.0. The predicted molar refractivity (Wildman–Crippen MR) is 158 cm³/mol. The maximum Gasteiger partial charge on any atom is 0.313 e. The number of anilines is 1. The Morgan fingerprint density at radius 1 is 0.979 bits per heavy atom. The molecule has 4 amide bonds. The van der Waals surface area contributed by atoms with Crippen LogP contribution in [0.1, 0.15) is 45.4 Å². The number of rotatable bonds is 11. The summed E-state index contributed by atoms with van der Waals surface area (Å²) in [7, 11) is 0. The van der Waals surface area contributed by atoms with Gasteiger partial charge < -0.3 is 26.0 Å². The van der Waals surface area contributed by atoms with E-state index < -0.39 is 107 Å². The van der Waals surface area contributed by atoms with Crippen molar-refractivity contribution in [1.82, 2.24) is 16.0 Å². The van der Waals surface area contributed by atoms with Gasteiger partial charge >= 0.3 is 11.8 Å². The molecule has 2 aliphatic rings. The van der Waals surface area contributed by atoms with Gasteiger partial charge in [0.25, 0.3) is 0 Å². The van der Waals surface area contributed by atoms with Crippen molar-refractivity contribution in [3.63, 3.8) is 0 Å². The summed E-state index contributed by atoms with van der Waals surface area (Å²) in [6.45, 7) is 1.15. The molecule has 4 N–H and O–H groups in total. The molecule has 0 bridgehead atoms. The van der Waals surface area contributed by atoms with Crippen LogP contribution in [0.15, 0.2) is 30.3 Å². The molecule has 4 atom stereocenters. The standard InChI is InChI=1S/C31H31ClF6N4O6/c1-14(24(43)25(16-8-11-39-27(16)44)48-26-22(35)18(33)13-19(34)23(26)36)40-28(45)21(12-15-6-9-31(37,38)10-7-15)42-30(47)29(46)41-20-5-3-2-4-17(20)32/h2-5,13-16,21,25H,6-12H2,1H3,(H,39,44)(H,40,45)(H,41,46)(H,42,47)/t14?,16-,21-,25-/m0/s1. The largest absolute Gasteiger partial charge is 0.475 e. The van der Waals surface area contributed by atoms with Crippen LogP contribution in [0.25, 0.3) is 0 Å². The van der Waals surface area contributed by atoms with Crippen LogP contribution in [0.5, 0.6) is 5.75 Å². The van der Waals surface area contributed by atoms with E-state index in [4.69, 9.17) is 16.3 Å². The Morgan fingerprint density at radius 3 is 2.19 bits per heavy atom. The van der Waals surface area contributed by atoms with Crippen LogP contribution in [0.3, 0.4) is 0 Å². The van der Waals surface area contributed by atoms with Crippen LogP contribution in [0.2, 0.25) is 5.02 Å². The highest BCUT2D eigenvalue weighted by atomic mass is 35.5. The minimum absolute atomic E-state index is 0.0129. The fourth-order valence-corrected chi connectivity index (χ4v) is 5.70. The SMILES string of the molecule is CC(NC(=O)[C@H](CC1CCC(F)(F)CC1)NC(=O)C(=O)Nc1ccccc1Cl)C(=O)[C@@H](Oc1c(F)c(F)cc(F)c1F)[C@@H]1CCNC1=O. The summed E-state index contributed by atoms with van der Waals surface area (Å²) in [5, 5.41) is 9.33. The monoisotopic (exact) mass is 704 g/mol. The second-order valence-corrected chi connectivity index (χ2v) is 12.1. The van der Waals surface area contributed by atoms with E-state index in [1.807, 2.05) is 0 Å². The Bertz CT molecular complexity index is 1560. The Balaban J connectivity index is 1.54. The Hall–Kier alpha value is -4.34. The maximum absolute atomic E-state index is 14.5. The van der Waals surface area contributed by atoms with Crippen LogP contribution in [-0.4, -0.2) is 60.1 Å². The molecule has 4 rings (SSSR count). The quantitative estimate of drug-likeness (QED) is 0.157. The molecule has 0 radical (unpaired) electrons. The highest BCUT2D eigenvalue weighted by molar-refractivity contribution is 6.41. The first-order valence-corrected chi connectivity index (χ1v) is 15.3. The molecule has 1 saturated heterocycles. The third-order valence-corrected chi connectivity index (χ3v) is 8.52. The average Bonchev–Trinajstić information content (AvgIpc) is 3.46. The van der Waals surface area contributed by atoms with Gasteiger partial charge in [0.1, 0.15) is 6.04 Å². The molecule has 2 fully saturated rings. The number of carbonyl (C=O) groups excluding carboxylic acids is 5. The smallest absolute Gasteiger partial charge is 0.313 e. The van der Waals surface area contributed by atoms with Crippen molar-refractivity contribution in [3.8, 4) is 5.75 Å². The van der Waals surface area contributed by atoms with Crippen molar-refractivity contribution in [2.45, 2.75) is 69.6 Å². The van der Waals surface area contributed by atoms with E-state index in [9.17, 15) is 50.3 Å². The summed E-state index contributed by atoms with van der Waals surface area (Å²) in [5.74, 6) is -19.4. The maximum atomic E-state index is 14.5. The van der Waals surface area contributed by atoms with Crippen LogP contribution in [-0.2, 0) is 24.0 Å². The fourth-order valence-electron chi connectivity index (χ4n) is 5.52. The van der Waals surface area contributed by atoms with E-state index in [-0.39, 0.29) is 49.0 Å². The Morgan fingerprint density at radius 2 is 1.60 bits per heavy atom. The summed E-state index contributed by atoms with van der Waals surface area (Å²) in [6.07, 6.45) is -3.30. The lowest BCUT2D eigenvalue weighted by molar-refractivity contribution is -0.140. The molecular weight excluding hydrogens is 674 g/mol. The zero-order valence-electron chi connectivity index (χ0n) is 25.3. The lowest BCUT2D eigenvalue weighted by Crippen LogP contribution is -2.55. The van der Waals surface area contributed by atoms with Crippen LogP contribution >= 0.6 is 11.6 Å². The molecule has 1 heterocycles. The van der Waals surface area contributed by atoms with E-state index in [1.54, 1.807) is 6.07 Å². The first kappa shape index (κ1) is 36.5. The zero-order valence-corrected chi connectivity index (χ0v) is 26.1. The molecular formula is C31H31ClF6N4O6. The van der Waals surface area contributed by atoms with Gasteiger partial charge in [0.2, 0.25) is 29.4 Å². The van der Waals surface area contributed by atoms with Gasteiger partial charge in [-0.3, -0.25) is 24.0 Å². The number of para-hydroxylation sites is 1. The number of nitrogens with one attached hydrogen (secondary N) is 4. The summed E-state index contributed by atoms with van der Waals surface area (Å²) in [6, 6.07) is 2.75. The van der Waals surface area contributed by atoms with Crippen LogP contribution in [0, 0.1) is 35.1 Å². The van der Waals surface area contributed by atoms with Crippen molar-refractivity contribution >= 4 is 46.7 Å². The van der Waals surface area contributed by atoms with Crippen molar-refractivity contribution < 1.29 is 55.1 Å². The third-order valence-electron chi connectivity index (χ3n) is 8.19. The lowest BCUT2D eigenvalue weighted by atomic mass is 9.82. The second kappa shape index (κ2) is 15.3. The minimum Gasteiger partial charge on any atom is -0.475 e. The number of Topliss-reactive ketones (excluding diaryl/α,β-unsaturated/α-hetero) is 1. The van der Waals surface area contributed by atoms with Gasteiger partial charge in [-0.05, 0) is 50.7 Å². The van der Waals surface area contributed by atoms with Crippen molar-refractivity contribution in [2.24, 2.45) is 11.8 Å². The normalized spacial score (nSPS) is 19.4. The number of alkyl halides is 2. The highest BCUT2D eigenvalue weighted by Gasteiger charge is 2.43. The van der Waals surface area contributed by atoms with Crippen LogP contribution < -0.4 is 26.0 Å². The molecule has 2 aromatic rings. The Labute approximate surface area is 275 Å². The van der Waals surface area contributed by atoms with E-state index >= 15 is 0 Å². The van der Waals surface area contributed by atoms with Crippen LogP contribution in [0.4, 0.5) is 32.0 Å². The van der Waals surface area contributed by atoms with Crippen molar-refractivity contribution in [1.29, 1.82) is 0 Å². The van der Waals surface area contributed by atoms with Gasteiger partial charge in [0, 0.05) is 25.5 Å². The van der Waals surface area contributed by atoms with Gasteiger partial charge in [0.15, 0.2) is 29.3 Å². The minimum atomic E-state index is -2.90. The number of ether oxygens (including phenoxy) is 1. The molecule has 48 heavy (non-hydrogen) atoms. The molecule has 0 spiro atoms. The molecule has 1 aliphatic heterocycles. The molecule has 0 aromatic heterocycles. The van der Waals surface area contributed by atoms with E-state index in [1.165, 1.54) is 18.2 Å². The van der Waals surface area contributed by atoms with Crippen molar-refractivity contribution in [3.05, 3.63) is 58.6 Å². The number of benzene rings is 2. The topological polar surface area (TPSA) is 143 Å². The van der Waals surface area contributed by atoms with Gasteiger partial charge in [0.05, 0.1) is 22.7 Å². The summed E-state index contributed by atoms with van der Waals surface area (Å²) < 4.78 is 89.4. The first-order chi connectivity index (χ1) is 22.6. The number of hydrogen-bond acceptors (Lipinski definition) is 6. The van der Waals surface area contributed by atoms with Gasteiger partial charge in [-0.2, -0.15) is 8.78 Å². The number of ketones is 1. The Kier molecular flexibility index (Phi) is 11.6. The molecule has 260 valence electrons. The summed E-state index contributed by atoms with van der Waals surface area (Å²) >= 11 is 6.02. The molecule has 17 heteroatoms. The van der Waals surface area contributed by atoms with Gasteiger partial charge in [-0.25, -0.2) is 17.6 Å². The molecule has 2 aromatic carbocycles. The number of halogens is 7. The number of carbonyl (C=O) groups is 5. The predicted octanol–water partition coefficient (Wildman–Crippen LogP) is 4.19. The molecule has 1 unspecified atom stereocenters. The van der Waals surface area contributed by atoms with E-state index in [0.717, 1.165) is 6.92 Å². The fraction of sp³-hybridized carbons (Fsp3) is 0.452. The molecule has 10 nitrogen and oxygen atoms in total. The number of hydrogen-bond donors (Lipinski definition) is 4. The first-order valence-electron chi connectivity index (χ1n) is 14.9. The van der Waals surface area contributed by atoms with Crippen molar-refractivity contribution in [2.75, 3.05) is 11.9 Å². The zero-order chi connectivity index (χ0) is 35.3. The second-order valence-electron chi connectivity index (χ2n) is 11.6. The highest BCUT2D eigenvalue weighted by Crippen LogP contribution is 2.38. The van der Waals surface area contributed by atoms with E-state index in [2.05, 4.69) is 21.3 Å². The van der Waals surface area contributed by atoms with E-state index in [0.29, 0.717) is 0 Å². The third kappa shape index (κ3) is 8.76. The molecule has 1 aliphatic carbocycles. The summed E-state index contributed by atoms with van der Waals surface area (Å²) in [5.41, 5.74) is 0.0853. The number of amides is 4.